The molecule has 0 aliphatic rings. The van der Waals surface area contributed by atoms with Gasteiger partial charge in [-0.1, -0.05) is 47.1 Å². The van der Waals surface area contributed by atoms with E-state index in [1.54, 1.807) is 0 Å². The van der Waals surface area contributed by atoms with Gasteiger partial charge in [0.15, 0.2) is 0 Å². The molecular formula is C18H15ClF3N5OS. The predicted octanol–water partition coefficient (Wildman–Crippen LogP) is 4.68. The fraction of sp³-hybridized carbons (Fsp3) is 0.222. The van der Waals surface area contributed by atoms with Crippen LogP contribution in [0.3, 0.4) is 0 Å². The van der Waals surface area contributed by atoms with E-state index in [1.165, 1.54) is 16.8 Å². The fourth-order valence-corrected chi connectivity index (χ4v) is 3.56. The third kappa shape index (κ3) is 4.88. The second kappa shape index (κ2) is 8.42. The van der Waals surface area contributed by atoms with Crippen LogP contribution in [0.1, 0.15) is 16.7 Å². The maximum atomic E-state index is 13.1. The van der Waals surface area contributed by atoms with Crippen molar-refractivity contribution in [2.24, 2.45) is 0 Å². The van der Waals surface area contributed by atoms with Crippen LogP contribution in [-0.4, -0.2) is 31.9 Å². The van der Waals surface area contributed by atoms with Gasteiger partial charge in [0, 0.05) is 0 Å². The zero-order valence-corrected chi connectivity index (χ0v) is 16.9. The van der Waals surface area contributed by atoms with Crippen molar-refractivity contribution in [1.82, 2.24) is 20.2 Å². The topological polar surface area (TPSA) is 72.7 Å². The molecule has 29 heavy (non-hydrogen) atoms. The summed E-state index contributed by atoms with van der Waals surface area (Å²) in [5, 5.41) is 13.8. The van der Waals surface area contributed by atoms with Crippen molar-refractivity contribution in [3.8, 4) is 5.69 Å². The Morgan fingerprint density at radius 3 is 2.69 bits per heavy atom. The normalized spacial score (nSPS) is 11.5. The van der Waals surface area contributed by atoms with Gasteiger partial charge in [0.25, 0.3) is 0 Å². The van der Waals surface area contributed by atoms with Crippen LogP contribution in [0.4, 0.5) is 18.9 Å². The molecule has 3 aromatic rings. The average Bonchev–Trinajstić information content (AvgIpc) is 3.09. The molecule has 0 fully saturated rings. The van der Waals surface area contributed by atoms with Crippen molar-refractivity contribution in [3.63, 3.8) is 0 Å². The molecule has 1 amide bonds. The summed E-state index contributed by atoms with van der Waals surface area (Å²) in [7, 11) is 0. The van der Waals surface area contributed by atoms with Crippen molar-refractivity contribution < 1.29 is 18.0 Å². The summed E-state index contributed by atoms with van der Waals surface area (Å²) in [4.78, 5) is 12.3. The van der Waals surface area contributed by atoms with Gasteiger partial charge in [0.2, 0.25) is 11.1 Å². The lowest BCUT2D eigenvalue weighted by molar-refractivity contribution is -0.137. The number of halogens is 4. The van der Waals surface area contributed by atoms with Gasteiger partial charge in [-0.2, -0.15) is 17.9 Å². The quantitative estimate of drug-likeness (QED) is 0.582. The molecule has 0 bridgehead atoms. The van der Waals surface area contributed by atoms with Crippen molar-refractivity contribution in [2.45, 2.75) is 25.2 Å². The maximum absolute atomic E-state index is 13.1. The van der Waals surface area contributed by atoms with E-state index in [0.29, 0.717) is 5.16 Å². The Morgan fingerprint density at radius 2 is 2.00 bits per heavy atom. The van der Waals surface area contributed by atoms with E-state index in [9.17, 15) is 18.0 Å². The highest BCUT2D eigenvalue weighted by atomic mass is 35.5. The molecule has 152 valence electrons. The number of anilines is 1. The van der Waals surface area contributed by atoms with E-state index in [0.717, 1.165) is 34.6 Å². The Hall–Kier alpha value is -2.59. The average molecular weight is 442 g/mol. The molecule has 0 aliphatic heterocycles. The summed E-state index contributed by atoms with van der Waals surface area (Å²) in [6.45, 7) is 3.86. The molecule has 1 aromatic heterocycles. The molecule has 6 nitrogen and oxygen atoms in total. The van der Waals surface area contributed by atoms with Crippen LogP contribution in [0.2, 0.25) is 5.02 Å². The number of nitrogens with one attached hydrogen (secondary N) is 1. The van der Waals surface area contributed by atoms with Crippen LogP contribution in [0.5, 0.6) is 0 Å². The number of benzene rings is 2. The molecule has 1 N–H and O–H groups in total. The van der Waals surface area contributed by atoms with Gasteiger partial charge in [-0.3, -0.25) is 4.79 Å². The van der Waals surface area contributed by atoms with Gasteiger partial charge in [-0.05, 0) is 48.0 Å². The molecule has 0 unspecified atom stereocenters. The first-order chi connectivity index (χ1) is 13.7. The molecule has 3 rings (SSSR count). The van der Waals surface area contributed by atoms with Crippen molar-refractivity contribution in [2.75, 3.05) is 11.1 Å². The highest BCUT2D eigenvalue weighted by molar-refractivity contribution is 7.99. The number of thioether (sulfide) groups is 1. The number of para-hydroxylation sites is 1. The van der Waals surface area contributed by atoms with Crippen molar-refractivity contribution in [1.29, 1.82) is 0 Å². The van der Waals surface area contributed by atoms with Gasteiger partial charge >= 0.3 is 6.18 Å². The number of aryl methyl sites for hydroxylation is 2. The van der Waals surface area contributed by atoms with Crippen molar-refractivity contribution in [3.05, 3.63) is 58.1 Å². The van der Waals surface area contributed by atoms with Crippen LogP contribution in [0, 0.1) is 13.8 Å². The molecule has 0 spiro atoms. The first kappa shape index (κ1) is 21.1. The second-order valence-electron chi connectivity index (χ2n) is 6.16. The van der Waals surface area contributed by atoms with Crippen LogP contribution in [0.15, 0.2) is 41.6 Å². The van der Waals surface area contributed by atoms with E-state index in [2.05, 4.69) is 20.8 Å². The number of hydrogen-bond donors (Lipinski definition) is 1. The molecule has 11 heteroatoms. The SMILES string of the molecule is Cc1ccc(-n2nnnc2SCC(=O)Nc2c(Cl)cccc2C(F)(F)F)c(C)c1. The number of tetrazole rings is 1. The van der Waals surface area contributed by atoms with Crippen LogP contribution < -0.4 is 5.32 Å². The summed E-state index contributed by atoms with van der Waals surface area (Å²) in [6, 6.07) is 9.03. The number of hydrogen-bond acceptors (Lipinski definition) is 5. The molecule has 0 saturated carbocycles. The highest BCUT2D eigenvalue weighted by Gasteiger charge is 2.34. The van der Waals surface area contributed by atoms with E-state index >= 15 is 0 Å². The minimum absolute atomic E-state index is 0.196. The Bertz CT molecular complexity index is 1050. The van der Waals surface area contributed by atoms with Crippen molar-refractivity contribution >= 4 is 35.0 Å². The summed E-state index contributed by atoms with van der Waals surface area (Å²) >= 11 is 6.86. The molecule has 0 saturated heterocycles. The van der Waals surface area contributed by atoms with Gasteiger partial charge < -0.3 is 5.32 Å². The zero-order valence-electron chi connectivity index (χ0n) is 15.3. The lowest BCUT2D eigenvalue weighted by atomic mass is 10.1. The molecule has 1 heterocycles. The number of rotatable bonds is 5. The monoisotopic (exact) mass is 441 g/mol. The van der Waals surface area contributed by atoms with Crippen LogP contribution in [-0.2, 0) is 11.0 Å². The fourth-order valence-electron chi connectivity index (χ4n) is 2.66. The Balaban J connectivity index is 1.75. The zero-order chi connectivity index (χ0) is 21.2. The van der Waals surface area contributed by atoms with E-state index < -0.39 is 23.3 Å². The van der Waals surface area contributed by atoms with E-state index in [4.69, 9.17) is 11.6 Å². The third-order valence-electron chi connectivity index (χ3n) is 3.94. The number of amides is 1. The second-order valence-corrected chi connectivity index (χ2v) is 7.51. The number of carbonyl (C=O) groups excluding carboxylic acids is 1. The Labute approximate surface area is 173 Å². The Morgan fingerprint density at radius 1 is 1.24 bits per heavy atom. The lowest BCUT2D eigenvalue weighted by Crippen LogP contribution is -2.19. The predicted molar refractivity (Wildman–Crippen MR) is 104 cm³/mol. The summed E-state index contributed by atoms with van der Waals surface area (Å²) in [6.07, 6.45) is -4.65. The smallest absolute Gasteiger partial charge is 0.324 e. The summed E-state index contributed by atoms with van der Waals surface area (Å²) < 4.78 is 40.9. The largest absolute Gasteiger partial charge is 0.418 e. The number of carbonyl (C=O) groups is 1. The molecule has 2 aromatic carbocycles. The van der Waals surface area contributed by atoms with E-state index in [1.807, 2.05) is 32.0 Å². The maximum Gasteiger partial charge on any atom is 0.418 e. The number of aromatic nitrogens is 4. The molecule has 0 aliphatic carbocycles. The third-order valence-corrected chi connectivity index (χ3v) is 5.17. The minimum atomic E-state index is -4.65. The Kier molecular flexibility index (Phi) is 6.13. The number of alkyl halides is 3. The van der Waals surface area contributed by atoms with Gasteiger partial charge in [-0.15, -0.1) is 5.10 Å². The number of nitrogens with zero attached hydrogens (tertiary/aromatic N) is 4. The summed E-state index contributed by atoms with van der Waals surface area (Å²) in [5.41, 5.74) is 1.28. The lowest BCUT2D eigenvalue weighted by Gasteiger charge is -2.15. The van der Waals surface area contributed by atoms with Crippen LogP contribution in [0.25, 0.3) is 5.69 Å². The summed E-state index contributed by atoms with van der Waals surface area (Å²) in [5.74, 6) is -0.864. The first-order valence-corrected chi connectivity index (χ1v) is 9.67. The van der Waals surface area contributed by atoms with Gasteiger partial charge in [-0.25, -0.2) is 0 Å². The minimum Gasteiger partial charge on any atom is -0.324 e. The van der Waals surface area contributed by atoms with E-state index in [-0.39, 0.29) is 10.8 Å². The standard InChI is InChI=1S/C18H15ClF3N5OS/c1-10-6-7-14(11(2)8-10)27-17(24-25-26-27)29-9-15(28)23-16-12(18(20,21)22)4-3-5-13(16)19/h3-8H,9H2,1-2H3,(H,23,28). The molecule has 0 atom stereocenters. The van der Waals surface area contributed by atoms with Crippen LogP contribution >= 0.6 is 23.4 Å². The molecular weight excluding hydrogens is 427 g/mol. The first-order valence-electron chi connectivity index (χ1n) is 8.31. The molecule has 0 radical (unpaired) electrons. The van der Waals surface area contributed by atoms with Gasteiger partial charge in [0.05, 0.1) is 27.7 Å². The highest BCUT2D eigenvalue weighted by Crippen LogP contribution is 2.38. The van der Waals surface area contributed by atoms with Gasteiger partial charge in [0.1, 0.15) is 0 Å².